The number of aliphatic carboxylic acids is 4. The molecule has 30 heavy (non-hydrogen) atoms. The van der Waals surface area contributed by atoms with Crippen LogP contribution in [0.15, 0.2) is 0 Å². The normalized spacial score (nSPS) is 5.73. The average molecular weight is 540 g/mol. The van der Waals surface area contributed by atoms with Crippen LogP contribution in [-0.2, 0) is 45.4 Å². The molecular weight excluding hydrogens is 528 g/mol. The van der Waals surface area contributed by atoms with E-state index in [9.17, 15) is 0 Å². The predicted octanol–water partition coefficient (Wildman–Crippen LogP) is -6.08. The molecule has 0 bridgehead atoms. The minimum atomic E-state index is -1.75. The molecule has 0 saturated carbocycles. The third-order valence-electron chi connectivity index (χ3n) is 0. The first-order valence-electron chi connectivity index (χ1n) is 5.28. The molecule has 0 heterocycles. The van der Waals surface area contributed by atoms with Gasteiger partial charge < -0.3 is 85.6 Å². The molecule has 0 aliphatic heterocycles. The second kappa shape index (κ2) is 50.1. The Bertz CT molecular complexity index is 328. The molecule has 22 heteroatoms. The molecular formula is C8H12AlN3O17Zr. The van der Waals surface area contributed by atoms with Crippen LogP contribution in [0.1, 0.15) is 27.7 Å². The molecule has 0 aromatic carbocycles. The van der Waals surface area contributed by atoms with E-state index in [1.165, 1.54) is 0 Å². The van der Waals surface area contributed by atoms with Gasteiger partial charge in [0.25, 0.3) is 0 Å². The van der Waals surface area contributed by atoms with Crippen LogP contribution < -0.4 is 20.4 Å². The molecule has 0 amide bonds. The van der Waals surface area contributed by atoms with Gasteiger partial charge in [-0.2, -0.15) is 0 Å². The minimum Gasteiger partial charge on any atom is -0.550 e. The van der Waals surface area contributed by atoms with Gasteiger partial charge in [0.15, 0.2) is 0 Å². The SMILES string of the molecule is CC(=O)[O-].CC(=O)[O-].CC(=O)[O-].CC(=O)[O-].O=[N+]([O-])[O-].O=[N+]([O-])[O-].O=[N+]([O-])[O-].[Al+3].[Zr+4]. The number of carboxylic acids is 4. The van der Waals surface area contributed by atoms with Crippen LogP contribution in [0, 0.1) is 46.0 Å². The number of hydrogen-bond donors (Lipinski definition) is 0. The van der Waals surface area contributed by atoms with Gasteiger partial charge in [0.05, 0.1) is 15.3 Å². The monoisotopic (exact) mass is 539 g/mol. The minimum absolute atomic E-state index is 0. The molecule has 20 nitrogen and oxygen atoms in total. The average Bonchev–Trinajstić information content (AvgIpc) is 2.20. The van der Waals surface area contributed by atoms with E-state index >= 15 is 0 Å². The van der Waals surface area contributed by atoms with Crippen LogP contribution in [-0.4, -0.2) is 56.5 Å². The largest absolute Gasteiger partial charge is 4.00 e. The van der Waals surface area contributed by atoms with Gasteiger partial charge in [-0.1, -0.05) is 0 Å². The van der Waals surface area contributed by atoms with Crippen LogP contribution in [0.3, 0.4) is 0 Å². The predicted molar refractivity (Wildman–Crippen MR) is 79.6 cm³/mol. The summed E-state index contributed by atoms with van der Waals surface area (Å²) in [5.41, 5.74) is 0. The molecule has 0 N–H and O–H groups in total. The molecule has 0 spiro atoms. The fraction of sp³-hybridized carbons (Fsp3) is 0.500. The van der Waals surface area contributed by atoms with Crippen molar-refractivity contribution in [3.63, 3.8) is 0 Å². The van der Waals surface area contributed by atoms with Crippen molar-refractivity contribution < 1.29 is 81.1 Å². The first-order chi connectivity index (χ1) is 12.1. The number of rotatable bonds is 0. The number of hydrogen-bond acceptors (Lipinski definition) is 17. The van der Waals surface area contributed by atoms with E-state index in [1.54, 1.807) is 0 Å². The first-order valence-corrected chi connectivity index (χ1v) is 5.28. The maximum absolute atomic E-state index is 8.89. The molecule has 0 aromatic rings. The van der Waals surface area contributed by atoms with Crippen LogP contribution in [0.25, 0.3) is 0 Å². The first kappa shape index (κ1) is 56.3. The van der Waals surface area contributed by atoms with Crippen molar-refractivity contribution in [1.82, 2.24) is 0 Å². The van der Waals surface area contributed by atoms with Crippen molar-refractivity contribution >= 4 is 41.2 Å². The van der Waals surface area contributed by atoms with Gasteiger partial charge in [0.1, 0.15) is 0 Å². The van der Waals surface area contributed by atoms with Gasteiger partial charge in [-0.25, -0.2) is 0 Å². The van der Waals surface area contributed by atoms with Crippen molar-refractivity contribution in [2.24, 2.45) is 0 Å². The second-order valence-electron chi connectivity index (χ2n) is 2.64. The van der Waals surface area contributed by atoms with Crippen LogP contribution >= 0.6 is 0 Å². The van der Waals surface area contributed by atoms with Crippen molar-refractivity contribution in [3.8, 4) is 0 Å². The number of carbonyl (C=O) groups is 4. The summed E-state index contributed by atoms with van der Waals surface area (Å²) in [6.45, 7) is 3.89. The summed E-state index contributed by atoms with van der Waals surface area (Å²) in [6.07, 6.45) is 0. The van der Waals surface area contributed by atoms with Crippen LogP contribution in [0.5, 0.6) is 0 Å². The van der Waals surface area contributed by atoms with Gasteiger partial charge >= 0.3 is 43.6 Å². The maximum Gasteiger partial charge on any atom is 4.00 e. The third kappa shape index (κ3) is 1480. The summed E-state index contributed by atoms with van der Waals surface area (Å²) in [5, 5.41) is 79.8. The van der Waals surface area contributed by atoms with Gasteiger partial charge in [-0.05, 0) is 27.7 Å². The Morgan fingerprint density at radius 3 is 0.467 bits per heavy atom. The van der Waals surface area contributed by atoms with Crippen molar-refractivity contribution in [2.45, 2.75) is 27.7 Å². The van der Waals surface area contributed by atoms with E-state index in [0.29, 0.717) is 0 Å². The Labute approximate surface area is 195 Å². The van der Waals surface area contributed by atoms with Crippen molar-refractivity contribution in [1.29, 1.82) is 0 Å². The second-order valence-corrected chi connectivity index (χ2v) is 2.64. The Morgan fingerprint density at radius 2 is 0.467 bits per heavy atom. The summed E-state index contributed by atoms with van der Waals surface area (Å²) in [5.74, 6) is -4.33. The third-order valence-corrected chi connectivity index (χ3v) is 0. The smallest absolute Gasteiger partial charge is 0.550 e. The summed E-state index contributed by atoms with van der Waals surface area (Å²) in [7, 11) is 0. The Balaban J connectivity index is -0.0000000242. The Morgan fingerprint density at radius 1 is 0.467 bits per heavy atom. The molecule has 0 atom stereocenters. The molecule has 0 aromatic heterocycles. The fourth-order valence-corrected chi connectivity index (χ4v) is 0. The van der Waals surface area contributed by atoms with E-state index in [0.717, 1.165) is 27.7 Å². The molecule has 0 radical (unpaired) electrons. The quantitative estimate of drug-likeness (QED) is 0.156. The number of carbonyl (C=O) groups excluding carboxylic acids is 4. The molecule has 0 fully saturated rings. The van der Waals surface area contributed by atoms with Crippen molar-refractivity contribution in [2.75, 3.05) is 0 Å². The van der Waals surface area contributed by atoms with Gasteiger partial charge in [0.2, 0.25) is 0 Å². The van der Waals surface area contributed by atoms with E-state index in [1.807, 2.05) is 0 Å². The van der Waals surface area contributed by atoms with Gasteiger partial charge in [-0.3, -0.25) is 0 Å². The zero-order valence-corrected chi connectivity index (χ0v) is 19.0. The summed E-state index contributed by atoms with van der Waals surface area (Å²) < 4.78 is 0. The molecule has 168 valence electrons. The summed E-state index contributed by atoms with van der Waals surface area (Å²) in [4.78, 5) is 60.3. The topological polar surface area (TPSA) is 359 Å². The Kier molecular flexibility index (Phi) is 94.1. The zero-order chi connectivity index (χ0) is 25.0. The van der Waals surface area contributed by atoms with E-state index in [-0.39, 0.29) is 43.6 Å². The molecule has 0 saturated heterocycles. The molecule has 0 aliphatic carbocycles. The van der Waals surface area contributed by atoms with E-state index in [2.05, 4.69) is 0 Å². The fourth-order valence-electron chi connectivity index (χ4n) is 0. The molecule has 0 unspecified atom stereocenters. The summed E-state index contributed by atoms with van der Waals surface area (Å²) >= 11 is 0. The maximum atomic E-state index is 8.89. The van der Waals surface area contributed by atoms with E-state index < -0.39 is 39.1 Å². The van der Waals surface area contributed by atoms with E-state index in [4.69, 9.17) is 85.6 Å². The molecule has 0 rings (SSSR count). The van der Waals surface area contributed by atoms with Crippen LogP contribution in [0.2, 0.25) is 0 Å². The summed E-state index contributed by atoms with van der Waals surface area (Å²) in [6, 6.07) is 0. The van der Waals surface area contributed by atoms with Gasteiger partial charge in [-0.15, -0.1) is 0 Å². The standard InChI is InChI=1S/4C2H4O2.Al.3NO3.Zr/c4*1-2(3)4;;3*2-1(3)4;/h4*1H3,(H,3,4);;;;;/q;;;;+3;3*-1;+4/p-4. The van der Waals surface area contributed by atoms with Gasteiger partial charge in [0, 0.05) is 23.9 Å². The number of nitrogens with zero attached hydrogens (tertiary/aromatic N) is 3. The van der Waals surface area contributed by atoms with Crippen molar-refractivity contribution in [3.05, 3.63) is 46.0 Å². The number of carboxylic acid groups (broad SMARTS) is 4. The zero-order valence-electron chi connectivity index (χ0n) is 15.4. The molecule has 0 aliphatic rings. The van der Waals surface area contributed by atoms with Crippen LogP contribution in [0.4, 0.5) is 0 Å². The Hall–Kier alpha value is -3.10.